The molecule has 1 saturated heterocycles. The van der Waals surface area contributed by atoms with E-state index in [4.69, 9.17) is 0 Å². The number of nitrogens with one attached hydrogen (secondary N) is 1. The van der Waals surface area contributed by atoms with Crippen molar-refractivity contribution >= 4 is 22.4 Å². The zero-order valence-electron chi connectivity index (χ0n) is 18.1. The van der Waals surface area contributed by atoms with Crippen LogP contribution in [0.25, 0.3) is 10.8 Å². The molecule has 3 aromatic carbocycles. The lowest BCUT2D eigenvalue weighted by Crippen LogP contribution is -2.34. The molecule has 160 valence electrons. The molecule has 0 radical (unpaired) electrons. The predicted molar refractivity (Wildman–Crippen MR) is 126 cm³/mol. The standard InChI is InChI=1S/C27H30N2O2/c1-18(24-8-4-6-19-5-2-3-7-25(19)24)28-22-13-14-29(17-22)23-12-11-20-9-10-21(15-27(30)31)26(20)16-23/h2-8,11-12,16,18,21-22,28H,9-10,13-15,17H2,1H3,(H,30,31)/t18?,21-,22+/m1/s1. The first kappa shape index (κ1) is 20.1. The Morgan fingerprint density at radius 3 is 2.84 bits per heavy atom. The van der Waals surface area contributed by atoms with E-state index in [-0.39, 0.29) is 18.4 Å². The predicted octanol–water partition coefficient (Wildman–Crippen LogP) is 5.27. The number of carboxylic acid groups (broad SMARTS) is 1. The number of hydrogen-bond donors (Lipinski definition) is 2. The van der Waals surface area contributed by atoms with Crippen molar-refractivity contribution in [2.45, 2.75) is 50.6 Å². The van der Waals surface area contributed by atoms with Crippen LogP contribution >= 0.6 is 0 Å². The number of carboxylic acids is 1. The highest BCUT2D eigenvalue weighted by molar-refractivity contribution is 5.86. The van der Waals surface area contributed by atoms with Gasteiger partial charge < -0.3 is 15.3 Å². The third-order valence-electron chi connectivity index (χ3n) is 7.08. The molecule has 1 fully saturated rings. The fourth-order valence-electron chi connectivity index (χ4n) is 5.50. The van der Waals surface area contributed by atoms with E-state index >= 15 is 0 Å². The van der Waals surface area contributed by atoms with Crippen LogP contribution in [0.15, 0.2) is 60.7 Å². The lowest BCUT2D eigenvalue weighted by Gasteiger charge is -2.23. The zero-order chi connectivity index (χ0) is 21.4. The van der Waals surface area contributed by atoms with Gasteiger partial charge in [-0.15, -0.1) is 0 Å². The van der Waals surface area contributed by atoms with Gasteiger partial charge >= 0.3 is 5.97 Å². The topological polar surface area (TPSA) is 52.6 Å². The summed E-state index contributed by atoms with van der Waals surface area (Å²) >= 11 is 0. The average Bonchev–Trinajstić information content (AvgIpc) is 3.40. The number of aryl methyl sites for hydroxylation is 1. The molecule has 4 nitrogen and oxygen atoms in total. The highest BCUT2D eigenvalue weighted by atomic mass is 16.4. The monoisotopic (exact) mass is 414 g/mol. The van der Waals surface area contributed by atoms with E-state index in [2.05, 4.69) is 77.8 Å². The highest BCUT2D eigenvalue weighted by Gasteiger charge is 2.28. The summed E-state index contributed by atoms with van der Waals surface area (Å²) < 4.78 is 0. The third-order valence-corrected chi connectivity index (χ3v) is 7.08. The zero-order valence-corrected chi connectivity index (χ0v) is 18.1. The lowest BCUT2D eigenvalue weighted by atomic mass is 9.97. The molecule has 2 aliphatic rings. The van der Waals surface area contributed by atoms with Gasteiger partial charge in [0.1, 0.15) is 0 Å². The van der Waals surface area contributed by atoms with E-state index in [1.807, 2.05) is 0 Å². The molecule has 0 saturated carbocycles. The molecule has 4 heteroatoms. The lowest BCUT2D eigenvalue weighted by molar-refractivity contribution is -0.137. The van der Waals surface area contributed by atoms with E-state index in [0.29, 0.717) is 6.04 Å². The molecule has 3 aromatic rings. The van der Waals surface area contributed by atoms with Gasteiger partial charge in [-0.2, -0.15) is 0 Å². The average molecular weight is 415 g/mol. The molecule has 5 rings (SSSR count). The Hall–Kier alpha value is -2.85. The second kappa shape index (κ2) is 8.35. The maximum absolute atomic E-state index is 11.2. The summed E-state index contributed by atoms with van der Waals surface area (Å²) in [7, 11) is 0. The van der Waals surface area contributed by atoms with Gasteiger partial charge in [-0.25, -0.2) is 0 Å². The Labute approximate surface area is 183 Å². The minimum absolute atomic E-state index is 0.162. The van der Waals surface area contributed by atoms with Crippen molar-refractivity contribution in [1.29, 1.82) is 0 Å². The summed E-state index contributed by atoms with van der Waals surface area (Å²) in [4.78, 5) is 13.7. The van der Waals surface area contributed by atoms with Crippen LogP contribution in [-0.2, 0) is 11.2 Å². The first-order valence-corrected chi connectivity index (χ1v) is 11.4. The molecule has 0 bridgehead atoms. The summed E-state index contributed by atoms with van der Waals surface area (Å²) in [5, 5.41) is 15.7. The van der Waals surface area contributed by atoms with Crippen molar-refractivity contribution in [3.63, 3.8) is 0 Å². The molecule has 31 heavy (non-hydrogen) atoms. The largest absolute Gasteiger partial charge is 0.481 e. The molecule has 0 spiro atoms. The normalized spacial score (nSPS) is 21.4. The van der Waals surface area contributed by atoms with E-state index < -0.39 is 5.97 Å². The van der Waals surface area contributed by atoms with Gasteiger partial charge in [-0.05, 0) is 71.7 Å². The Morgan fingerprint density at radius 1 is 1.13 bits per heavy atom. The molecule has 1 aliphatic heterocycles. The number of benzene rings is 3. The van der Waals surface area contributed by atoms with E-state index in [1.165, 1.54) is 33.2 Å². The molecule has 0 amide bonds. The maximum atomic E-state index is 11.2. The van der Waals surface area contributed by atoms with Crippen LogP contribution in [0, 0.1) is 0 Å². The molecule has 1 unspecified atom stereocenters. The molecular weight excluding hydrogens is 384 g/mol. The fraction of sp³-hybridized carbons (Fsp3) is 0.370. The highest BCUT2D eigenvalue weighted by Crippen LogP contribution is 2.38. The van der Waals surface area contributed by atoms with Crippen LogP contribution in [0.5, 0.6) is 0 Å². The minimum Gasteiger partial charge on any atom is -0.481 e. The molecule has 1 heterocycles. The van der Waals surface area contributed by atoms with Crippen molar-refractivity contribution in [2.24, 2.45) is 0 Å². The summed E-state index contributed by atoms with van der Waals surface area (Å²) in [5.41, 5.74) is 5.16. The second-order valence-corrected chi connectivity index (χ2v) is 9.10. The summed E-state index contributed by atoms with van der Waals surface area (Å²) in [6.07, 6.45) is 3.31. The van der Waals surface area contributed by atoms with Crippen LogP contribution in [0.2, 0.25) is 0 Å². The van der Waals surface area contributed by atoms with Gasteiger partial charge in [0.05, 0.1) is 6.42 Å². The van der Waals surface area contributed by atoms with Crippen LogP contribution in [0.4, 0.5) is 5.69 Å². The van der Waals surface area contributed by atoms with Gasteiger partial charge in [0.15, 0.2) is 0 Å². The van der Waals surface area contributed by atoms with Crippen molar-refractivity contribution in [3.8, 4) is 0 Å². The van der Waals surface area contributed by atoms with Crippen LogP contribution in [-0.4, -0.2) is 30.2 Å². The van der Waals surface area contributed by atoms with Crippen LogP contribution < -0.4 is 10.2 Å². The Bertz CT molecular complexity index is 1100. The minimum atomic E-state index is -0.698. The Kier molecular flexibility index (Phi) is 5.41. The van der Waals surface area contributed by atoms with Gasteiger partial charge in [-0.1, -0.05) is 48.5 Å². The number of rotatable bonds is 6. The van der Waals surface area contributed by atoms with Crippen LogP contribution in [0.3, 0.4) is 0 Å². The number of nitrogens with zero attached hydrogens (tertiary/aromatic N) is 1. The van der Waals surface area contributed by atoms with Crippen molar-refractivity contribution in [1.82, 2.24) is 5.32 Å². The fourth-order valence-corrected chi connectivity index (χ4v) is 5.50. The van der Waals surface area contributed by atoms with Gasteiger partial charge in [0.2, 0.25) is 0 Å². The van der Waals surface area contributed by atoms with Crippen molar-refractivity contribution in [3.05, 3.63) is 77.4 Å². The first-order chi connectivity index (χ1) is 15.1. The third kappa shape index (κ3) is 4.05. The molecule has 0 aromatic heterocycles. The number of hydrogen-bond acceptors (Lipinski definition) is 3. The quantitative estimate of drug-likeness (QED) is 0.577. The van der Waals surface area contributed by atoms with Crippen molar-refractivity contribution < 1.29 is 9.90 Å². The molecule has 2 N–H and O–H groups in total. The van der Waals surface area contributed by atoms with Crippen LogP contribution in [0.1, 0.15) is 54.8 Å². The van der Waals surface area contributed by atoms with E-state index in [9.17, 15) is 9.90 Å². The Balaban J connectivity index is 1.28. The number of fused-ring (bicyclic) bond motifs is 2. The SMILES string of the molecule is CC(N[C@H]1CCN(c2ccc3c(c2)[C@@H](CC(=O)O)CC3)C1)c1cccc2ccccc12. The summed E-state index contributed by atoms with van der Waals surface area (Å²) in [6.45, 7) is 4.27. The number of carbonyl (C=O) groups is 1. The summed E-state index contributed by atoms with van der Waals surface area (Å²) in [6, 6.07) is 22.6. The Morgan fingerprint density at radius 2 is 1.97 bits per heavy atom. The first-order valence-electron chi connectivity index (χ1n) is 11.4. The molecular formula is C27H30N2O2. The number of aliphatic carboxylic acids is 1. The van der Waals surface area contributed by atoms with Gasteiger partial charge in [0, 0.05) is 30.9 Å². The smallest absolute Gasteiger partial charge is 0.303 e. The van der Waals surface area contributed by atoms with Gasteiger partial charge in [0.25, 0.3) is 0 Å². The second-order valence-electron chi connectivity index (χ2n) is 9.10. The summed E-state index contributed by atoms with van der Waals surface area (Å²) in [5.74, 6) is -0.536. The van der Waals surface area contributed by atoms with Crippen molar-refractivity contribution in [2.75, 3.05) is 18.0 Å². The van der Waals surface area contributed by atoms with Gasteiger partial charge in [-0.3, -0.25) is 4.79 Å². The molecule has 3 atom stereocenters. The van der Waals surface area contributed by atoms with E-state index in [0.717, 1.165) is 32.4 Å². The molecule has 1 aliphatic carbocycles. The number of anilines is 1. The maximum Gasteiger partial charge on any atom is 0.303 e. The van der Waals surface area contributed by atoms with E-state index in [1.54, 1.807) is 0 Å².